The van der Waals surface area contributed by atoms with Gasteiger partial charge in [-0.05, 0) is 42.0 Å². The highest BCUT2D eigenvalue weighted by Gasteiger charge is 2.16. The summed E-state index contributed by atoms with van der Waals surface area (Å²) >= 11 is 14.0. The summed E-state index contributed by atoms with van der Waals surface area (Å²) in [7, 11) is 0. The van der Waals surface area contributed by atoms with E-state index in [1.807, 2.05) is 36.6 Å². The zero-order valence-electron chi connectivity index (χ0n) is 9.91. The van der Waals surface area contributed by atoms with Crippen LogP contribution in [-0.2, 0) is 6.42 Å². The summed E-state index contributed by atoms with van der Waals surface area (Å²) in [6, 6.07) is 7.90. The summed E-state index contributed by atoms with van der Waals surface area (Å²) in [5.74, 6) is 5.62. The zero-order valence-corrected chi connectivity index (χ0v) is 12.2. The van der Waals surface area contributed by atoms with Crippen molar-refractivity contribution in [3.63, 3.8) is 0 Å². The highest BCUT2D eigenvalue weighted by atomic mass is 35.5. The first-order valence-corrected chi connectivity index (χ1v) is 7.19. The summed E-state index contributed by atoms with van der Waals surface area (Å²) in [5.41, 5.74) is 5.02. The van der Waals surface area contributed by atoms with E-state index in [4.69, 9.17) is 29.0 Å². The molecule has 2 nitrogen and oxygen atoms in total. The van der Waals surface area contributed by atoms with Crippen LogP contribution < -0.4 is 11.3 Å². The van der Waals surface area contributed by atoms with Gasteiger partial charge in [0.1, 0.15) is 0 Å². The summed E-state index contributed by atoms with van der Waals surface area (Å²) in [6.45, 7) is 2.02. The second-order valence-corrected chi connectivity index (χ2v) is 5.91. The Kier molecular flexibility index (Phi) is 4.65. The third-order valence-corrected chi connectivity index (χ3v) is 4.62. The fraction of sp³-hybridized carbons (Fsp3) is 0.231. The number of thiophene rings is 1. The summed E-state index contributed by atoms with van der Waals surface area (Å²) < 4.78 is 0. The average molecular weight is 301 g/mol. The highest BCUT2D eigenvalue weighted by molar-refractivity contribution is 7.10. The molecule has 2 rings (SSSR count). The van der Waals surface area contributed by atoms with Crippen LogP contribution in [0.5, 0.6) is 0 Å². The van der Waals surface area contributed by atoms with Gasteiger partial charge >= 0.3 is 0 Å². The van der Waals surface area contributed by atoms with Gasteiger partial charge in [0, 0.05) is 9.90 Å². The lowest BCUT2D eigenvalue weighted by molar-refractivity contribution is 0.561. The van der Waals surface area contributed by atoms with Gasteiger partial charge in [0.15, 0.2) is 0 Å². The number of hydrazine groups is 1. The van der Waals surface area contributed by atoms with Crippen molar-refractivity contribution in [3.8, 4) is 0 Å². The second kappa shape index (κ2) is 6.04. The molecular weight excluding hydrogens is 287 g/mol. The molecule has 0 aliphatic heterocycles. The van der Waals surface area contributed by atoms with Gasteiger partial charge in [0.05, 0.1) is 11.1 Å². The Balaban J connectivity index is 2.23. The molecule has 0 fully saturated rings. The molecule has 0 saturated heterocycles. The molecule has 0 aliphatic rings. The van der Waals surface area contributed by atoms with Crippen LogP contribution >= 0.6 is 34.5 Å². The largest absolute Gasteiger partial charge is 0.271 e. The van der Waals surface area contributed by atoms with E-state index < -0.39 is 0 Å². The van der Waals surface area contributed by atoms with E-state index >= 15 is 0 Å². The van der Waals surface area contributed by atoms with Gasteiger partial charge in [-0.25, -0.2) is 0 Å². The number of benzene rings is 1. The molecule has 3 N–H and O–H groups in total. The summed E-state index contributed by atoms with van der Waals surface area (Å²) in [4.78, 5) is 1.04. The zero-order chi connectivity index (χ0) is 13.1. The Morgan fingerprint density at radius 2 is 2.06 bits per heavy atom. The Hall–Kier alpha value is -0.580. The lowest BCUT2D eigenvalue weighted by atomic mass is 10.0. The maximum absolute atomic E-state index is 6.23. The van der Waals surface area contributed by atoms with Gasteiger partial charge in [-0.3, -0.25) is 11.3 Å². The molecule has 0 spiro atoms. The first-order valence-electron chi connectivity index (χ1n) is 5.56. The van der Waals surface area contributed by atoms with Crippen molar-refractivity contribution in [2.75, 3.05) is 0 Å². The molecule has 18 heavy (non-hydrogen) atoms. The van der Waals surface area contributed by atoms with Crippen molar-refractivity contribution in [2.45, 2.75) is 19.4 Å². The van der Waals surface area contributed by atoms with E-state index in [0.29, 0.717) is 0 Å². The molecule has 0 amide bonds. The van der Waals surface area contributed by atoms with Crippen LogP contribution in [0, 0.1) is 6.92 Å². The third-order valence-electron chi connectivity index (χ3n) is 2.80. The lowest BCUT2D eigenvalue weighted by Gasteiger charge is -2.16. The molecule has 0 aliphatic carbocycles. The fourth-order valence-electron chi connectivity index (χ4n) is 1.82. The van der Waals surface area contributed by atoms with Crippen LogP contribution in [0.2, 0.25) is 10.0 Å². The lowest BCUT2D eigenvalue weighted by Crippen LogP contribution is -2.29. The van der Waals surface area contributed by atoms with Crippen molar-refractivity contribution in [2.24, 2.45) is 5.84 Å². The van der Waals surface area contributed by atoms with Gasteiger partial charge in [-0.15, -0.1) is 11.3 Å². The molecule has 2 aromatic rings. The number of nitrogens with one attached hydrogen (secondary N) is 1. The van der Waals surface area contributed by atoms with E-state index in [-0.39, 0.29) is 6.04 Å². The molecule has 0 bridgehead atoms. The van der Waals surface area contributed by atoms with Gasteiger partial charge < -0.3 is 0 Å². The Morgan fingerprint density at radius 3 is 2.61 bits per heavy atom. The van der Waals surface area contributed by atoms with Gasteiger partial charge in [0.25, 0.3) is 0 Å². The molecule has 5 heteroatoms. The van der Waals surface area contributed by atoms with Crippen LogP contribution in [0.15, 0.2) is 29.6 Å². The standard InChI is InChI=1S/C13H14Cl2N2S/c1-8-2-3-9(11(15)6-8)7-12(17-16)13-10(14)4-5-18-13/h2-6,12,17H,7,16H2,1H3. The molecule has 1 heterocycles. The van der Waals surface area contributed by atoms with Crippen molar-refractivity contribution in [1.29, 1.82) is 0 Å². The van der Waals surface area contributed by atoms with Crippen LogP contribution in [0.3, 0.4) is 0 Å². The summed E-state index contributed by atoms with van der Waals surface area (Å²) in [6.07, 6.45) is 0.718. The topological polar surface area (TPSA) is 38.0 Å². The average Bonchev–Trinajstić information content (AvgIpc) is 2.75. The maximum atomic E-state index is 6.23. The fourth-order valence-corrected chi connectivity index (χ4v) is 3.38. The van der Waals surface area contributed by atoms with Crippen molar-refractivity contribution in [3.05, 3.63) is 55.7 Å². The minimum atomic E-state index is -0.0160. The number of rotatable bonds is 4. The van der Waals surface area contributed by atoms with Crippen LogP contribution in [0.1, 0.15) is 22.0 Å². The molecule has 1 aromatic heterocycles. The number of hydrogen-bond donors (Lipinski definition) is 2. The van der Waals surface area contributed by atoms with Gasteiger partial charge in [-0.2, -0.15) is 0 Å². The third kappa shape index (κ3) is 3.05. The van der Waals surface area contributed by atoms with Crippen molar-refractivity contribution in [1.82, 2.24) is 5.43 Å². The SMILES string of the molecule is Cc1ccc(CC(NN)c2sccc2Cl)c(Cl)c1. The molecule has 96 valence electrons. The number of aryl methyl sites for hydroxylation is 1. The number of nitrogens with two attached hydrogens (primary N) is 1. The predicted molar refractivity (Wildman–Crippen MR) is 79.3 cm³/mol. The van der Waals surface area contributed by atoms with Gasteiger partial charge in [0.2, 0.25) is 0 Å². The Bertz CT molecular complexity index is 540. The number of halogens is 2. The van der Waals surface area contributed by atoms with Crippen LogP contribution in [-0.4, -0.2) is 0 Å². The predicted octanol–water partition coefficient (Wildman–Crippen LogP) is 4.11. The highest BCUT2D eigenvalue weighted by Crippen LogP contribution is 2.31. The quantitative estimate of drug-likeness (QED) is 0.659. The van der Waals surface area contributed by atoms with Crippen LogP contribution in [0.4, 0.5) is 0 Å². The number of hydrogen-bond acceptors (Lipinski definition) is 3. The van der Waals surface area contributed by atoms with E-state index in [9.17, 15) is 0 Å². The molecule has 1 aromatic carbocycles. The molecule has 0 radical (unpaired) electrons. The van der Waals surface area contributed by atoms with E-state index in [2.05, 4.69) is 5.43 Å². The van der Waals surface area contributed by atoms with Crippen LogP contribution in [0.25, 0.3) is 0 Å². The second-order valence-electron chi connectivity index (χ2n) is 4.15. The summed E-state index contributed by atoms with van der Waals surface area (Å²) in [5, 5.41) is 3.47. The van der Waals surface area contributed by atoms with E-state index in [1.54, 1.807) is 11.3 Å². The minimum Gasteiger partial charge on any atom is -0.271 e. The first kappa shape index (κ1) is 13.8. The Labute approximate surface area is 121 Å². The monoisotopic (exact) mass is 300 g/mol. The molecule has 0 saturated carbocycles. The molecular formula is C13H14Cl2N2S. The molecule has 1 unspecified atom stereocenters. The van der Waals surface area contributed by atoms with E-state index in [1.165, 1.54) is 0 Å². The first-order chi connectivity index (χ1) is 8.61. The van der Waals surface area contributed by atoms with Gasteiger partial charge in [-0.1, -0.05) is 35.3 Å². The molecule has 1 atom stereocenters. The minimum absolute atomic E-state index is 0.0160. The maximum Gasteiger partial charge on any atom is 0.0609 e. The smallest absolute Gasteiger partial charge is 0.0609 e. The van der Waals surface area contributed by atoms with Crippen molar-refractivity contribution < 1.29 is 0 Å². The Morgan fingerprint density at radius 1 is 1.28 bits per heavy atom. The van der Waals surface area contributed by atoms with E-state index in [0.717, 1.165) is 32.5 Å². The van der Waals surface area contributed by atoms with Crippen molar-refractivity contribution >= 4 is 34.5 Å². The normalized spacial score (nSPS) is 12.7.